The van der Waals surface area contributed by atoms with Crippen LogP contribution in [-0.4, -0.2) is 18.3 Å². The van der Waals surface area contributed by atoms with Crippen molar-refractivity contribution in [3.8, 4) is 5.75 Å². The van der Waals surface area contributed by atoms with Gasteiger partial charge in [-0.15, -0.1) is 0 Å². The molecule has 83 valence electrons. The fourth-order valence-corrected chi connectivity index (χ4v) is 1.59. The van der Waals surface area contributed by atoms with Crippen molar-refractivity contribution < 1.29 is 9.84 Å². The molecule has 1 rings (SSSR count). The number of rotatable bonds is 5. The van der Waals surface area contributed by atoms with E-state index < -0.39 is 0 Å². The third-order valence-corrected chi connectivity index (χ3v) is 2.51. The summed E-state index contributed by atoms with van der Waals surface area (Å²) < 4.78 is 5.49. The van der Waals surface area contributed by atoms with Crippen molar-refractivity contribution in [3.05, 3.63) is 34.7 Å². The molecule has 1 aromatic rings. The molecule has 0 saturated carbocycles. The maximum absolute atomic E-state index is 9.04. The van der Waals surface area contributed by atoms with Crippen molar-refractivity contribution in [2.45, 2.75) is 20.3 Å². The molecule has 0 spiro atoms. The zero-order valence-corrected chi connectivity index (χ0v) is 9.84. The number of ether oxygens (including phenoxy) is 1. The molecule has 0 aliphatic heterocycles. The second kappa shape index (κ2) is 5.99. The molecule has 0 heterocycles. The monoisotopic (exact) mass is 227 g/mol. The second-order valence-electron chi connectivity index (χ2n) is 3.40. The molecule has 0 aliphatic rings. The van der Waals surface area contributed by atoms with E-state index in [4.69, 9.17) is 21.4 Å². The minimum Gasteiger partial charge on any atom is -0.492 e. The predicted octanol–water partition coefficient (Wildman–Crippen LogP) is 3.06. The van der Waals surface area contributed by atoms with Gasteiger partial charge in [0, 0.05) is 5.92 Å². The molecule has 0 unspecified atom stereocenters. The Labute approximate surface area is 95.8 Å². The highest BCUT2D eigenvalue weighted by atomic mass is 35.5. The maximum Gasteiger partial charge on any atom is 0.138 e. The van der Waals surface area contributed by atoms with Gasteiger partial charge in [0.25, 0.3) is 0 Å². The van der Waals surface area contributed by atoms with Gasteiger partial charge in [-0.2, -0.15) is 0 Å². The van der Waals surface area contributed by atoms with Crippen LogP contribution in [0.3, 0.4) is 0 Å². The molecule has 1 aromatic carbocycles. The molecule has 0 saturated heterocycles. The van der Waals surface area contributed by atoms with Gasteiger partial charge in [0.2, 0.25) is 0 Å². The number of hydrogen-bond acceptors (Lipinski definition) is 2. The molecule has 3 heteroatoms. The molecule has 1 radical (unpaired) electrons. The lowest BCUT2D eigenvalue weighted by Crippen LogP contribution is -2.03. The standard InChI is InChI=1S/C12H16ClO2/c1-3-7-15-11-6-4-5-10(12(11)13)9(2)8-14/h4-6,14H,3,7-8H2,1-2H3. The lowest BCUT2D eigenvalue weighted by Gasteiger charge is -2.13. The van der Waals surface area contributed by atoms with Gasteiger partial charge in [0.05, 0.1) is 18.2 Å². The third-order valence-electron chi connectivity index (χ3n) is 2.12. The molecular formula is C12H16ClO2. The Hall–Kier alpha value is -0.730. The predicted molar refractivity (Wildman–Crippen MR) is 62.3 cm³/mol. The van der Waals surface area contributed by atoms with Crippen LogP contribution < -0.4 is 4.74 Å². The molecule has 15 heavy (non-hydrogen) atoms. The summed E-state index contributed by atoms with van der Waals surface area (Å²) in [6, 6.07) is 5.60. The summed E-state index contributed by atoms with van der Waals surface area (Å²) in [4.78, 5) is 0. The maximum atomic E-state index is 9.04. The largest absolute Gasteiger partial charge is 0.492 e. The first-order valence-corrected chi connectivity index (χ1v) is 5.43. The average molecular weight is 228 g/mol. The second-order valence-corrected chi connectivity index (χ2v) is 3.78. The van der Waals surface area contributed by atoms with Gasteiger partial charge in [0.1, 0.15) is 5.75 Å². The normalized spacial score (nSPS) is 10.7. The van der Waals surface area contributed by atoms with Gasteiger partial charge in [-0.25, -0.2) is 0 Å². The SMILES string of the molecule is CCCOc1cccc([C](C)CO)c1Cl. The molecule has 2 nitrogen and oxygen atoms in total. The Bertz CT molecular complexity index is 312. The molecule has 0 atom stereocenters. The quantitative estimate of drug-likeness (QED) is 0.838. The molecule has 0 aliphatic carbocycles. The Kier molecular flexibility index (Phi) is 4.92. The van der Waals surface area contributed by atoms with E-state index in [2.05, 4.69) is 0 Å². The fraction of sp³-hybridized carbons (Fsp3) is 0.417. The van der Waals surface area contributed by atoms with Crippen molar-refractivity contribution in [2.24, 2.45) is 0 Å². The van der Waals surface area contributed by atoms with E-state index in [0.29, 0.717) is 17.4 Å². The van der Waals surface area contributed by atoms with Crippen molar-refractivity contribution in [3.63, 3.8) is 0 Å². The van der Waals surface area contributed by atoms with E-state index in [1.807, 2.05) is 32.0 Å². The summed E-state index contributed by atoms with van der Waals surface area (Å²) in [6.45, 7) is 4.56. The van der Waals surface area contributed by atoms with E-state index in [1.54, 1.807) is 0 Å². The van der Waals surface area contributed by atoms with Crippen LogP contribution in [0.1, 0.15) is 25.8 Å². The van der Waals surface area contributed by atoms with Crippen LogP contribution in [-0.2, 0) is 0 Å². The Morgan fingerprint density at radius 3 is 2.80 bits per heavy atom. The summed E-state index contributed by atoms with van der Waals surface area (Å²) in [5.41, 5.74) is 0.854. The molecule has 0 amide bonds. The molecule has 0 aromatic heterocycles. The van der Waals surface area contributed by atoms with Gasteiger partial charge in [-0.3, -0.25) is 0 Å². The zero-order valence-electron chi connectivity index (χ0n) is 9.09. The fourth-order valence-electron chi connectivity index (χ4n) is 1.25. The van der Waals surface area contributed by atoms with Crippen LogP contribution in [0.15, 0.2) is 18.2 Å². The topological polar surface area (TPSA) is 29.5 Å². The van der Waals surface area contributed by atoms with Crippen molar-refractivity contribution in [1.82, 2.24) is 0 Å². The molecule has 0 fully saturated rings. The summed E-state index contributed by atoms with van der Waals surface area (Å²) in [5.74, 6) is 1.53. The Morgan fingerprint density at radius 1 is 1.47 bits per heavy atom. The van der Waals surface area contributed by atoms with Gasteiger partial charge in [-0.1, -0.05) is 37.6 Å². The van der Waals surface area contributed by atoms with Crippen LogP contribution in [0.5, 0.6) is 5.75 Å². The summed E-state index contributed by atoms with van der Waals surface area (Å²) >= 11 is 6.16. The van der Waals surface area contributed by atoms with Gasteiger partial charge in [0.15, 0.2) is 0 Å². The minimum atomic E-state index is 0.0109. The first-order chi connectivity index (χ1) is 7.20. The van der Waals surface area contributed by atoms with Crippen molar-refractivity contribution in [2.75, 3.05) is 13.2 Å². The number of hydrogen-bond donors (Lipinski definition) is 1. The smallest absolute Gasteiger partial charge is 0.138 e. The highest BCUT2D eigenvalue weighted by molar-refractivity contribution is 6.33. The van der Waals surface area contributed by atoms with E-state index in [0.717, 1.165) is 17.9 Å². The van der Waals surface area contributed by atoms with Crippen LogP contribution in [0.25, 0.3) is 0 Å². The highest BCUT2D eigenvalue weighted by Crippen LogP contribution is 2.32. The third kappa shape index (κ3) is 3.11. The first kappa shape index (κ1) is 12.3. The number of benzene rings is 1. The van der Waals surface area contributed by atoms with E-state index in [1.165, 1.54) is 0 Å². The van der Waals surface area contributed by atoms with E-state index in [-0.39, 0.29) is 6.61 Å². The summed E-state index contributed by atoms with van der Waals surface area (Å²) in [7, 11) is 0. The van der Waals surface area contributed by atoms with E-state index in [9.17, 15) is 0 Å². The first-order valence-electron chi connectivity index (χ1n) is 5.05. The van der Waals surface area contributed by atoms with Gasteiger partial charge >= 0.3 is 0 Å². The van der Waals surface area contributed by atoms with Crippen molar-refractivity contribution in [1.29, 1.82) is 0 Å². The lowest BCUT2D eigenvalue weighted by molar-refractivity contribution is 0.311. The van der Waals surface area contributed by atoms with Gasteiger partial charge in [-0.05, 0) is 18.1 Å². The van der Waals surface area contributed by atoms with Crippen LogP contribution >= 0.6 is 11.6 Å². The highest BCUT2D eigenvalue weighted by Gasteiger charge is 2.12. The number of halogens is 1. The molecule has 0 bridgehead atoms. The Morgan fingerprint density at radius 2 is 2.20 bits per heavy atom. The van der Waals surface area contributed by atoms with Crippen LogP contribution in [0.2, 0.25) is 5.02 Å². The van der Waals surface area contributed by atoms with Crippen molar-refractivity contribution >= 4 is 11.6 Å². The zero-order chi connectivity index (χ0) is 11.3. The summed E-state index contributed by atoms with van der Waals surface area (Å²) in [6.07, 6.45) is 0.948. The number of aliphatic hydroxyl groups excluding tert-OH is 1. The minimum absolute atomic E-state index is 0.0109. The average Bonchev–Trinajstić information content (AvgIpc) is 2.27. The Balaban J connectivity index is 2.90. The summed E-state index contributed by atoms with van der Waals surface area (Å²) in [5, 5.41) is 9.62. The van der Waals surface area contributed by atoms with Gasteiger partial charge < -0.3 is 9.84 Å². The molecule has 1 N–H and O–H groups in total. The van der Waals surface area contributed by atoms with E-state index >= 15 is 0 Å². The lowest BCUT2D eigenvalue weighted by atomic mass is 10.0. The van der Waals surface area contributed by atoms with Crippen LogP contribution in [0, 0.1) is 5.92 Å². The molecular weight excluding hydrogens is 212 g/mol. The number of aliphatic hydroxyl groups is 1. The van der Waals surface area contributed by atoms with Crippen LogP contribution in [0.4, 0.5) is 0 Å².